The van der Waals surface area contributed by atoms with Gasteiger partial charge in [-0.3, -0.25) is 14.9 Å². The van der Waals surface area contributed by atoms with Gasteiger partial charge in [-0.05, 0) is 42.9 Å². The molecule has 4 rings (SSSR count). The first-order chi connectivity index (χ1) is 15.6. The molecule has 2 saturated heterocycles. The minimum Gasteiger partial charge on any atom is -0.378 e. The molecule has 0 spiro atoms. The molecular weight excluding hydrogens is 406 g/mol. The fourth-order valence-corrected chi connectivity index (χ4v) is 4.00. The Morgan fingerprint density at radius 3 is 2.44 bits per heavy atom. The highest BCUT2D eigenvalue weighted by atomic mass is 16.5. The number of likely N-dealkylation sites (N-methyl/N-ethyl adjacent to an activating group) is 1. The van der Waals surface area contributed by atoms with E-state index < -0.39 is 0 Å². The third-order valence-corrected chi connectivity index (χ3v) is 6.04. The Morgan fingerprint density at radius 2 is 1.72 bits per heavy atom. The van der Waals surface area contributed by atoms with Gasteiger partial charge in [0.25, 0.3) is 5.91 Å². The van der Waals surface area contributed by atoms with Crippen LogP contribution in [0.25, 0.3) is 0 Å². The van der Waals surface area contributed by atoms with Gasteiger partial charge in [-0.2, -0.15) is 0 Å². The first kappa shape index (κ1) is 22.5. The lowest BCUT2D eigenvalue weighted by Crippen LogP contribution is -2.48. The van der Waals surface area contributed by atoms with Crippen LogP contribution in [0.2, 0.25) is 0 Å². The molecule has 2 N–H and O–H groups in total. The molecule has 1 amide bonds. The van der Waals surface area contributed by atoms with E-state index in [0.717, 1.165) is 74.5 Å². The molecule has 172 valence electrons. The van der Waals surface area contributed by atoms with E-state index in [1.54, 1.807) is 0 Å². The van der Waals surface area contributed by atoms with Gasteiger partial charge in [0.2, 0.25) is 0 Å². The van der Waals surface area contributed by atoms with E-state index in [-0.39, 0.29) is 19.0 Å². The lowest BCUT2D eigenvalue weighted by atomic mass is 10.2. The Kier molecular flexibility index (Phi) is 7.59. The van der Waals surface area contributed by atoms with Crippen LogP contribution in [0, 0.1) is 0 Å². The number of nitrogens with zero attached hydrogens (tertiary/aromatic N) is 4. The van der Waals surface area contributed by atoms with Crippen LogP contribution >= 0.6 is 0 Å². The van der Waals surface area contributed by atoms with Gasteiger partial charge >= 0.3 is 0 Å². The smallest absolute Gasteiger partial charge is 0.260 e. The Morgan fingerprint density at radius 1 is 1.00 bits per heavy atom. The molecule has 0 atom stereocenters. The predicted molar refractivity (Wildman–Crippen MR) is 125 cm³/mol. The zero-order valence-electron chi connectivity index (χ0n) is 18.7. The molecule has 2 aromatic rings. The first-order valence-electron chi connectivity index (χ1n) is 11.3. The van der Waals surface area contributed by atoms with Crippen LogP contribution in [0.3, 0.4) is 0 Å². The van der Waals surface area contributed by atoms with Gasteiger partial charge in [-0.25, -0.2) is 5.06 Å². The highest BCUT2D eigenvalue weighted by Gasteiger charge is 2.19. The average Bonchev–Trinajstić information content (AvgIpc) is 2.82. The second-order valence-corrected chi connectivity index (χ2v) is 8.50. The van der Waals surface area contributed by atoms with Crippen molar-refractivity contribution in [3.05, 3.63) is 54.1 Å². The fraction of sp³-hybridized carbons (Fsp3) is 0.458. The van der Waals surface area contributed by atoms with Crippen molar-refractivity contribution < 1.29 is 14.7 Å². The van der Waals surface area contributed by atoms with Gasteiger partial charge in [0, 0.05) is 56.3 Å². The summed E-state index contributed by atoms with van der Waals surface area (Å²) in [5, 5.41) is 14.5. The van der Waals surface area contributed by atoms with Crippen molar-refractivity contribution in [3.8, 4) is 0 Å². The summed E-state index contributed by atoms with van der Waals surface area (Å²) in [6.07, 6.45) is 0. The fourth-order valence-electron chi connectivity index (χ4n) is 4.00. The van der Waals surface area contributed by atoms with E-state index in [9.17, 15) is 10.0 Å². The number of ether oxygens (including phenoxy) is 1. The highest BCUT2D eigenvalue weighted by Crippen LogP contribution is 2.24. The first-order valence-corrected chi connectivity index (χ1v) is 11.3. The molecule has 0 radical (unpaired) electrons. The molecule has 0 bridgehead atoms. The third-order valence-electron chi connectivity index (χ3n) is 6.04. The van der Waals surface area contributed by atoms with Crippen LogP contribution in [0.5, 0.6) is 0 Å². The number of hydrogen-bond donors (Lipinski definition) is 2. The number of anilines is 3. The molecule has 2 heterocycles. The number of morpholine rings is 1. The van der Waals surface area contributed by atoms with Crippen LogP contribution in [-0.4, -0.2) is 92.1 Å². The van der Waals surface area contributed by atoms with E-state index in [1.165, 1.54) is 5.69 Å². The number of piperazine rings is 1. The van der Waals surface area contributed by atoms with E-state index in [1.807, 2.05) is 30.3 Å². The van der Waals surface area contributed by atoms with Crippen molar-refractivity contribution in [1.29, 1.82) is 0 Å². The van der Waals surface area contributed by atoms with Crippen LogP contribution in [-0.2, 0) is 16.1 Å². The number of hydrogen-bond acceptors (Lipinski definition) is 7. The summed E-state index contributed by atoms with van der Waals surface area (Å²) in [6.45, 7) is 7.37. The summed E-state index contributed by atoms with van der Waals surface area (Å²) in [5.41, 5.74) is 4.05. The van der Waals surface area contributed by atoms with E-state index in [2.05, 4.69) is 45.3 Å². The van der Waals surface area contributed by atoms with Crippen molar-refractivity contribution in [1.82, 2.24) is 14.9 Å². The average molecular weight is 440 g/mol. The van der Waals surface area contributed by atoms with Crippen molar-refractivity contribution >= 4 is 23.0 Å². The lowest BCUT2D eigenvalue weighted by molar-refractivity contribution is -0.169. The van der Waals surface area contributed by atoms with Gasteiger partial charge in [0.15, 0.2) is 0 Å². The molecule has 0 aliphatic carbocycles. The summed E-state index contributed by atoms with van der Waals surface area (Å²) in [6, 6.07) is 16.2. The second kappa shape index (κ2) is 10.8. The predicted octanol–water partition coefficient (Wildman–Crippen LogP) is 2.23. The van der Waals surface area contributed by atoms with Crippen LogP contribution in [0.15, 0.2) is 48.5 Å². The minimum absolute atomic E-state index is 0.180. The number of rotatable bonds is 7. The van der Waals surface area contributed by atoms with Gasteiger partial charge in [-0.1, -0.05) is 18.2 Å². The number of amides is 1. The maximum absolute atomic E-state index is 12.4. The Balaban J connectivity index is 1.29. The van der Waals surface area contributed by atoms with Gasteiger partial charge in [0.1, 0.15) is 0 Å². The van der Waals surface area contributed by atoms with Crippen molar-refractivity contribution in [3.63, 3.8) is 0 Å². The summed E-state index contributed by atoms with van der Waals surface area (Å²) in [5.74, 6) is -0.267. The number of benzene rings is 2. The Hall–Kier alpha value is -2.65. The maximum atomic E-state index is 12.4. The zero-order valence-corrected chi connectivity index (χ0v) is 18.7. The monoisotopic (exact) mass is 439 g/mol. The Bertz CT molecular complexity index is 877. The normalized spacial score (nSPS) is 17.9. The molecule has 0 aromatic heterocycles. The van der Waals surface area contributed by atoms with E-state index in [0.29, 0.717) is 0 Å². The number of hydroxylamine groups is 2. The van der Waals surface area contributed by atoms with Crippen LogP contribution < -0.4 is 10.2 Å². The van der Waals surface area contributed by atoms with Gasteiger partial charge in [-0.15, -0.1) is 0 Å². The van der Waals surface area contributed by atoms with Gasteiger partial charge in [0.05, 0.1) is 26.3 Å². The second-order valence-electron chi connectivity index (χ2n) is 8.50. The summed E-state index contributed by atoms with van der Waals surface area (Å²) >= 11 is 0. The Labute approximate surface area is 189 Å². The van der Waals surface area contributed by atoms with Gasteiger partial charge < -0.3 is 19.9 Å². The van der Waals surface area contributed by atoms with Crippen LogP contribution in [0.1, 0.15) is 5.56 Å². The summed E-state index contributed by atoms with van der Waals surface area (Å²) < 4.78 is 5.44. The third kappa shape index (κ3) is 6.20. The SMILES string of the molecule is CN1CCN(CC(=O)N(O)Cc2ccc(Nc3cccc(N4CCOCC4)c3)cc2)CC1. The molecule has 8 heteroatoms. The number of nitrogens with one attached hydrogen (secondary N) is 1. The molecular formula is C24H33N5O3. The number of carbonyl (C=O) groups excluding carboxylic acids is 1. The van der Waals surface area contributed by atoms with Crippen molar-refractivity contribution in [2.75, 3.05) is 76.3 Å². The molecule has 8 nitrogen and oxygen atoms in total. The molecule has 2 fully saturated rings. The topological polar surface area (TPSA) is 71.5 Å². The zero-order chi connectivity index (χ0) is 22.3. The van der Waals surface area contributed by atoms with Crippen molar-refractivity contribution in [2.24, 2.45) is 0 Å². The molecule has 2 aliphatic heterocycles. The minimum atomic E-state index is -0.267. The molecule has 2 aromatic carbocycles. The number of carbonyl (C=O) groups is 1. The standard InChI is InChI=1S/C24H33N5O3/c1-26-9-11-27(12-10-26)19-24(30)29(31)18-20-5-7-21(8-6-20)25-22-3-2-4-23(17-22)28-13-15-32-16-14-28/h2-8,17,25,31H,9-16,18-19H2,1H3. The quantitative estimate of drug-likeness (QED) is 0.506. The van der Waals surface area contributed by atoms with Crippen LogP contribution in [0.4, 0.5) is 17.1 Å². The summed E-state index contributed by atoms with van der Waals surface area (Å²) in [7, 11) is 2.08. The highest BCUT2D eigenvalue weighted by molar-refractivity contribution is 5.77. The molecule has 2 aliphatic rings. The molecule has 0 saturated carbocycles. The largest absolute Gasteiger partial charge is 0.378 e. The molecule has 32 heavy (non-hydrogen) atoms. The maximum Gasteiger partial charge on any atom is 0.260 e. The van der Waals surface area contributed by atoms with E-state index in [4.69, 9.17) is 4.74 Å². The molecule has 0 unspecified atom stereocenters. The lowest BCUT2D eigenvalue weighted by Gasteiger charge is -2.32. The van der Waals surface area contributed by atoms with E-state index >= 15 is 0 Å². The van der Waals surface area contributed by atoms with Crippen molar-refractivity contribution in [2.45, 2.75) is 6.54 Å². The summed E-state index contributed by atoms with van der Waals surface area (Å²) in [4.78, 5) is 19.0.